The molecule has 2 rings (SSSR count). The van der Waals surface area contributed by atoms with E-state index in [0.717, 1.165) is 20.5 Å². The lowest BCUT2D eigenvalue weighted by Crippen LogP contribution is -2.42. The topological polar surface area (TPSA) is 72.9 Å². The standard InChI is InChI=1S/C19H24BrNO5S/c1-12-9-16(13(2)8-15(12)20)27-11-18(23)26-10-17(22)21-6-4-14(5-7-21)19(24)25-3/h8-9,14H,4-7,10-11H2,1-3H3. The Labute approximate surface area is 172 Å². The van der Waals surface area contributed by atoms with Crippen LogP contribution in [0, 0.1) is 19.8 Å². The molecule has 1 heterocycles. The van der Waals surface area contributed by atoms with Crippen molar-refractivity contribution >= 4 is 45.5 Å². The molecule has 0 saturated carbocycles. The van der Waals surface area contributed by atoms with Gasteiger partial charge in [0.05, 0.1) is 18.8 Å². The van der Waals surface area contributed by atoms with Crippen molar-refractivity contribution in [2.45, 2.75) is 31.6 Å². The highest BCUT2D eigenvalue weighted by atomic mass is 79.9. The van der Waals surface area contributed by atoms with Crippen molar-refractivity contribution in [3.8, 4) is 0 Å². The number of hydrogen-bond donors (Lipinski definition) is 0. The van der Waals surface area contributed by atoms with Crippen molar-refractivity contribution in [1.29, 1.82) is 0 Å². The molecule has 1 aromatic carbocycles. The van der Waals surface area contributed by atoms with Crippen molar-refractivity contribution in [3.63, 3.8) is 0 Å². The predicted octanol–water partition coefficient (Wildman–Crippen LogP) is 3.11. The van der Waals surface area contributed by atoms with Crippen LogP contribution in [0.4, 0.5) is 0 Å². The van der Waals surface area contributed by atoms with Gasteiger partial charge in [-0.25, -0.2) is 0 Å². The molecule has 1 saturated heterocycles. The summed E-state index contributed by atoms with van der Waals surface area (Å²) in [5.41, 5.74) is 2.18. The molecule has 8 heteroatoms. The molecule has 0 bridgehead atoms. The van der Waals surface area contributed by atoms with Crippen LogP contribution in [0.2, 0.25) is 0 Å². The Kier molecular flexibility index (Phi) is 8.16. The van der Waals surface area contributed by atoms with Gasteiger partial charge in [-0.1, -0.05) is 15.9 Å². The fraction of sp³-hybridized carbons (Fsp3) is 0.526. The van der Waals surface area contributed by atoms with Crippen LogP contribution < -0.4 is 0 Å². The summed E-state index contributed by atoms with van der Waals surface area (Å²) in [4.78, 5) is 38.3. The minimum Gasteiger partial charge on any atom is -0.469 e. The van der Waals surface area contributed by atoms with Gasteiger partial charge in [-0.05, 0) is 49.9 Å². The van der Waals surface area contributed by atoms with Gasteiger partial charge in [0.1, 0.15) is 0 Å². The van der Waals surface area contributed by atoms with Gasteiger partial charge >= 0.3 is 11.9 Å². The number of nitrogens with zero attached hydrogens (tertiary/aromatic N) is 1. The van der Waals surface area contributed by atoms with Crippen LogP contribution in [0.1, 0.15) is 24.0 Å². The van der Waals surface area contributed by atoms with Gasteiger partial charge in [-0.3, -0.25) is 14.4 Å². The molecule has 0 radical (unpaired) electrons. The number of ether oxygens (including phenoxy) is 2. The second-order valence-corrected chi connectivity index (χ2v) is 8.37. The second-order valence-electron chi connectivity index (χ2n) is 6.49. The zero-order valence-corrected chi connectivity index (χ0v) is 18.2. The number of carbonyl (C=O) groups is 3. The third kappa shape index (κ3) is 6.24. The summed E-state index contributed by atoms with van der Waals surface area (Å²) in [6, 6.07) is 4.04. The predicted molar refractivity (Wildman–Crippen MR) is 107 cm³/mol. The van der Waals surface area contributed by atoms with E-state index < -0.39 is 5.97 Å². The van der Waals surface area contributed by atoms with Crippen LogP contribution in [0.3, 0.4) is 0 Å². The molecule has 148 valence electrons. The van der Waals surface area contributed by atoms with Crippen LogP contribution in [0.15, 0.2) is 21.5 Å². The molecule has 0 aromatic heterocycles. The molecule has 0 aliphatic carbocycles. The maximum absolute atomic E-state index is 12.2. The van der Waals surface area contributed by atoms with Gasteiger partial charge in [-0.2, -0.15) is 0 Å². The molecular weight excluding hydrogens is 434 g/mol. The third-order valence-corrected chi connectivity index (χ3v) is 6.53. The summed E-state index contributed by atoms with van der Waals surface area (Å²) in [7, 11) is 1.37. The first kappa shape index (κ1) is 21.8. The Balaban J connectivity index is 1.73. The average molecular weight is 458 g/mol. The van der Waals surface area contributed by atoms with E-state index in [1.807, 2.05) is 26.0 Å². The first-order chi connectivity index (χ1) is 12.8. The summed E-state index contributed by atoms with van der Waals surface area (Å²) >= 11 is 4.89. The lowest BCUT2D eigenvalue weighted by molar-refractivity contribution is -0.152. The molecule has 6 nitrogen and oxygen atoms in total. The van der Waals surface area contributed by atoms with Crippen LogP contribution in [0.25, 0.3) is 0 Å². The molecule has 27 heavy (non-hydrogen) atoms. The summed E-state index contributed by atoms with van der Waals surface area (Å²) < 4.78 is 10.9. The Morgan fingerprint density at radius 1 is 1.19 bits per heavy atom. The Bertz CT molecular complexity index is 716. The molecule has 0 atom stereocenters. The number of piperidine rings is 1. The first-order valence-electron chi connectivity index (χ1n) is 8.72. The fourth-order valence-corrected chi connectivity index (χ4v) is 4.21. The van der Waals surface area contributed by atoms with Crippen molar-refractivity contribution in [3.05, 3.63) is 27.7 Å². The number of benzene rings is 1. The molecule has 0 spiro atoms. The summed E-state index contributed by atoms with van der Waals surface area (Å²) in [6.07, 6.45) is 1.15. The quantitative estimate of drug-likeness (QED) is 0.482. The third-order valence-electron chi connectivity index (χ3n) is 4.54. The number of likely N-dealkylation sites (tertiary alicyclic amines) is 1. The van der Waals surface area contributed by atoms with Crippen LogP contribution >= 0.6 is 27.7 Å². The van der Waals surface area contributed by atoms with E-state index in [4.69, 9.17) is 9.47 Å². The molecule has 0 unspecified atom stereocenters. The highest BCUT2D eigenvalue weighted by Crippen LogP contribution is 2.28. The molecule has 0 N–H and O–H groups in total. The largest absolute Gasteiger partial charge is 0.469 e. The summed E-state index contributed by atoms with van der Waals surface area (Å²) in [5, 5.41) is 0. The van der Waals surface area contributed by atoms with Crippen LogP contribution in [-0.2, 0) is 23.9 Å². The lowest BCUT2D eigenvalue weighted by Gasteiger charge is -2.30. The molecule has 1 aliphatic rings. The maximum Gasteiger partial charge on any atom is 0.316 e. The van der Waals surface area contributed by atoms with Crippen LogP contribution in [0.5, 0.6) is 0 Å². The highest BCUT2D eigenvalue weighted by molar-refractivity contribution is 9.10. The molecular formula is C19H24BrNO5S. The number of aryl methyl sites for hydroxylation is 2. The number of esters is 2. The smallest absolute Gasteiger partial charge is 0.316 e. The number of carbonyl (C=O) groups excluding carboxylic acids is 3. The highest BCUT2D eigenvalue weighted by Gasteiger charge is 2.28. The Morgan fingerprint density at radius 2 is 1.85 bits per heavy atom. The molecule has 1 fully saturated rings. The molecule has 1 amide bonds. The van der Waals surface area contributed by atoms with Crippen LogP contribution in [-0.4, -0.2) is 55.3 Å². The Morgan fingerprint density at radius 3 is 2.48 bits per heavy atom. The second kappa shape index (κ2) is 10.1. The van der Waals surface area contributed by atoms with Gasteiger partial charge in [0.2, 0.25) is 0 Å². The molecule has 1 aliphatic heterocycles. The zero-order valence-electron chi connectivity index (χ0n) is 15.7. The van der Waals surface area contributed by atoms with E-state index in [2.05, 4.69) is 15.9 Å². The number of methoxy groups -OCH3 is 1. The Hall–Kier alpha value is -1.54. The van der Waals surface area contributed by atoms with E-state index in [9.17, 15) is 14.4 Å². The van der Waals surface area contributed by atoms with E-state index in [-0.39, 0.29) is 30.2 Å². The first-order valence-corrected chi connectivity index (χ1v) is 10.5. The van der Waals surface area contributed by atoms with Gasteiger partial charge in [-0.15, -0.1) is 11.8 Å². The maximum atomic E-state index is 12.2. The number of halogens is 1. The van der Waals surface area contributed by atoms with E-state index in [1.165, 1.54) is 18.9 Å². The number of thioether (sulfide) groups is 1. The van der Waals surface area contributed by atoms with Gasteiger partial charge < -0.3 is 14.4 Å². The van der Waals surface area contributed by atoms with Crippen molar-refractivity contribution in [1.82, 2.24) is 4.90 Å². The van der Waals surface area contributed by atoms with E-state index in [0.29, 0.717) is 25.9 Å². The summed E-state index contributed by atoms with van der Waals surface area (Å²) in [5.74, 6) is -0.885. The van der Waals surface area contributed by atoms with Gasteiger partial charge in [0.15, 0.2) is 6.61 Å². The number of amides is 1. The number of hydrogen-bond acceptors (Lipinski definition) is 6. The lowest BCUT2D eigenvalue weighted by atomic mass is 9.97. The normalized spacial score (nSPS) is 14.7. The number of rotatable bonds is 6. The zero-order chi connectivity index (χ0) is 20.0. The molecule has 1 aromatic rings. The average Bonchev–Trinajstić information content (AvgIpc) is 2.67. The van der Waals surface area contributed by atoms with Gasteiger partial charge in [0, 0.05) is 22.5 Å². The monoisotopic (exact) mass is 457 g/mol. The fourth-order valence-electron chi connectivity index (χ4n) is 2.85. The van der Waals surface area contributed by atoms with Crippen molar-refractivity contribution < 1.29 is 23.9 Å². The van der Waals surface area contributed by atoms with Crippen molar-refractivity contribution in [2.24, 2.45) is 5.92 Å². The van der Waals surface area contributed by atoms with Gasteiger partial charge in [0.25, 0.3) is 5.91 Å². The minimum atomic E-state index is -0.419. The summed E-state index contributed by atoms with van der Waals surface area (Å²) in [6.45, 7) is 4.67. The van der Waals surface area contributed by atoms with E-state index in [1.54, 1.807) is 4.90 Å². The minimum absolute atomic E-state index is 0.152. The van der Waals surface area contributed by atoms with Crippen molar-refractivity contribution in [2.75, 3.05) is 32.6 Å². The van der Waals surface area contributed by atoms with E-state index >= 15 is 0 Å². The SMILES string of the molecule is COC(=O)C1CCN(C(=O)COC(=O)CSc2cc(C)c(Br)cc2C)CC1.